The molecule has 0 saturated heterocycles. The largest absolute Gasteiger partial charge is 0.455 e. The third-order valence-corrected chi connectivity index (χ3v) is 8.74. The number of benzene rings is 5. The fourth-order valence-corrected chi connectivity index (χ4v) is 6.21. The van der Waals surface area contributed by atoms with Crippen LogP contribution in [0.5, 0.6) is 11.8 Å². The van der Waals surface area contributed by atoms with E-state index in [-0.39, 0.29) is 5.41 Å². The maximum absolute atomic E-state index is 6.75. The monoisotopic (exact) mass is 622 g/mol. The lowest BCUT2D eigenvalue weighted by atomic mass is 9.87. The van der Waals surface area contributed by atoms with E-state index in [0.29, 0.717) is 11.8 Å². The molecule has 0 aliphatic rings. The van der Waals surface area contributed by atoms with Crippen molar-refractivity contribution in [2.75, 3.05) is 0 Å². The molecule has 5 aromatic carbocycles. The maximum Gasteiger partial charge on any atom is 0.222 e. The molecule has 232 valence electrons. The Morgan fingerprint density at radius 3 is 1.65 bits per heavy atom. The van der Waals surface area contributed by atoms with Gasteiger partial charge in [-0.05, 0) is 45.9 Å². The summed E-state index contributed by atoms with van der Waals surface area (Å²) in [5.41, 5.74) is 10.4. The van der Waals surface area contributed by atoms with Crippen molar-refractivity contribution in [3.05, 3.63) is 157 Å². The molecule has 3 aromatic heterocycles. The first-order valence-corrected chi connectivity index (χ1v) is 16.2. The average molecular weight is 623 g/mol. The second-order valence-electron chi connectivity index (χ2n) is 13.1. The molecule has 0 aliphatic heterocycles. The summed E-state index contributed by atoms with van der Waals surface area (Å²) in [7, 11) is 0. The zero-order valence-corrected chi connectivity index (χ0v) is 27.1. The molecule has 0 aliphatic carbocycles. The molecule has 0 atom stereocenters. The number of hydrogen-bond donors (Lipinski definition) is 0. The third-order valence-electron chi connectivity index (χ3n) is 8.74. The first-order valence-electron chi connectivity index (χ1n) is 16.2. The van der Waals surface area contributed by atoms with Crippen molar-refractivity contribution < 1.29 is 9.15 Å². The van der Waals surface area contributed by atoms with Crippen LogP contribution in [0.25, 0.3) is 66.7 Å². The number of para-hydroxylation sites is 2. The van der Waals surface area contributed by atoms with Crippen LogP contribution >= 0.6 is 0 Å². The third kappa shape index (κ3) is 5.62. The van der Waals surface area contributed by atoms with E-state index < -0.39 is 0 Å². The fourth-order valence-electron chi connectivity index (χ4n) is 6.21. The van der Waals surface area contributed by atoms with Crippen LogP contribution < -0.4 is 4.74 Å². The molecule has 3 heterocycles. The van der Waals surface area contributed by atoms with Crippen molar-refractivity contribution in [3.8, 4) is 56.5 Å². The Morgan fingerprint density at radius 2 is 1.00 bits per heavy atom. The van der Waals surface area contributed by atoms with Gasteiger partial charge in [0.2, 0.25) is 11.8 Å². The zero-order chi connectivity index (χ0) is 32.7. The summed E-state index contributed by atoms with van der Waals surface area (Å²) in [6.45, 7) is 6.60. The second kappa shape index (κ2) is 12.0. The average Bonchev–Trinajstić information content (AvgIpc) is 3.51. The highest BCUT2D eigenvalue weighted by Gasteiger charge is 2.20. The van der Waals surface area contributed by atoms with Gasteiger partial charge in [0, 0.05) is 39.6 Å². The molecule has 0 bridgehead atoms. The first kappa shape index (κ1) is 29.4. The van der Waals surface area contributed by atoms with Gasteiger partial charge in [0.05, 0.1) is 11.4 Å². The molecule has 0 radical (unpaired) electrons. The number of nitrogens with zero attached hydrogens (tertiary/aromatic N) is 2. The van der Waals surface area contributed by atoms with Crippen LogP contribution in [0.3, 0.4) is 0 Å². The van der Waals surface area contributed by atoms with Gasteiger partial charge in [-0.2, -0.15) is 0 Å². The zero-order valence-electron chi connectivity index (χ0n) is 27.1. The van der Waals surface area contributed by atoms with Crippen LogP contribution in [0.15, 0.2) is 156 Å². The standard InChI is InChI=1S/C44H34N2O2/c1-44(2,3)33-27-38(31-19-11-6-12-20-31)45-41(28-33)47-40-26-32(29-15-7-4-8-16-29)25-39(46-40)37-24-14-23-36-35-22-13-21-34(42(35)48-43(36)37)30-17-9-5-10-18-30/h4-28H,1-3H3. The molecule has 0 fully saturated rings. The van der Waals surface area contributed by atoms with Gasteiger partial charge in [-0.25, -0.2) is 9.97 Å². The van der Waals surface area contributed by atoms with E-state index in [1.807, 2.05) is 54.6 Å². The van der Waals surface area contributed by atoms with Crippen molar-refractivity contribution in [1.29, 1.82) is 0 Å². The predicted molar refractivity (Wildman–Crippen MR) is 196 cm³/mol. The number of ether oxygens (including phenoxy) is 1. The summed E-state index contributed by atoms with van der Waals surface area (Å²) >= 11 is 0. The van der Waals surface area contributed by atoms with E-state index in [0.717, 1.165) is 72.3 Å². The van der Waals surface area contributed by atoms with Gasteiger partial charge in [-0.1, -0.05) is 142 Å². The van der Waals surface area contributed by atoms with E-state index in [1.54, 1.807) is 0 Å². The Morgan fingerprint density at radius 1 is 0.458 bits per heavy atom. The van der Waals surface area contributed by atoms with Crippen molar-refractivity contribution in [3.63, 3.8) is 0 Å². The van der Waals surface area contributed by atoms with Gasteiger partial charge in [-0.15, -0.1) is 0 Å². The van der Waals surface area contributed by atoms with Gasteiger partial charge in [0.15, 0.2) is 0 Å². The van der Waals surface area contributed by atoms with Crippen molar-refractivity contribution in [1.82, 2.24) is 9.97 Å². The van der Waals surface area contributed by atoms with Gasteiger partial charge in [0.1, 0.15) is 11.2 Å². The first-order chi connectivity index (χ1) is 23.4. The number of hydrogen-bond acceptors (Lipinski definition) is 4. The molecule has 0 amide bonds. The molecule has 0 saturated carbocycles. The smallest absolute Gasteiger partial charge is 0.222 e. The van der Waals surface area contributed by atoms with Crippen LogP contribution in [0.4, 0.5) is 0 Å². The number of pyridine rings is 2. The van der Waals surface area contributed by atoms with E-state index in [4.69, 9.17) is 19.1 Å². The van der Waals surface area contributed by atoms with Crippen LogP contribution in [0.1, 0.15) is 26.3 Å². The summed E-state index contributed by atoms with van der Waals surface area (Å²) in [6, 6.07) is 51.7. The molecule has 8 rings (SSSR count). The minimum atomic E-state index is -0.107. The van der Waals surface area contributed by atoms with Gasteiger partial charge in [0.25, 0.3) is 0 Å². The Hall–Kier alpha value is -6.00. The molecule has 4 heteroatoms. The van der Waals surface area contributed by atoms with E-state index in [2.05, 4.69) is 118 Å². The number of aromatic nitrogens is 2. The molecule has 48 heavy (non-hydrogen) atoms. The highest BCUT2D eigenvalue weighted by Crippen LogP contribution is 2.41. The van der Waals surface area contributed by atoms with Crippen LogP contribution in [-0.2, 0) is 5.41 Å². The molecule has 0 spiro atoms. The number of furan rings is 1. The maximum atomic E-state index is 6.75. The summed E-state index contributed by atoms with van der Waals surface area (Å²) in [5.74, 6) is 0.960. The van der Waals surface area contributed by atoms with E-state index >= 15 is 0 Å². The Bertz CT molecular complexity index is 2390. The summed E-state index contributed by atoms with van der Waals surface area (Å²) < 4.78 is 13.3. The SMILES string of the molecule is CC(C)(C)c1cc(Oc2cc(-c3ccccc3)cc(-c3cccc4c3oc3c(-c5ccccc5)cccc34)n2)nc(-c2ccccc2)c1. The van der Waals surface area contributed by atoms with Crippen molar-refractivity contribution in [2.24, 2.45) is 0 Å². The van der Waals surface area contributed by atoms with Crippen LogP contribution in [0.2, 0.25) is 0 Å². The van der Waals surface area contributed by atoms with Gasteiger partial charge in [-0.3, -0.25) is 0 Å². The quantitative estimate of drug-likeness (QED) is 0.185. The highest BCUT2D eigenvalue weighted by atomic mass is 16.5. The van der Waals surface area contributed by atoms with Crippen LogP contribution in [0, 0.1) is 0 Å². The topological polar surface area (TPSA) is 48.2 Å². The van der Waals surface area contributed by atoms with E-state index in [9.17, 15) is 0 Å². The summed E-state index contributed by atoms with van der Waals surface area (Å²) in [5, 5.41) is 2.11. The molecular formula is C44H34N2O2. The highest BCUT2D eigenvalue weighted by molar-refractivity contribution is 6.12. The van der Waals surface area contributed by atoms with Gasteiger partial charge >= 0.3 is 0 Å². The molecule has 0 N–H and O–H groups in total. The van der Waals surface area contributed by atoms with Crippen molar-refractivity contribution >= 4 is 21.9 Å². The van der Waals surface area contributed by atoms with Crippen LogP contribution in [-0.4, -0.2) is 9.97 Å². The Balaban J connectivity index is 1.30. The summed E-state index contributed by atoms with van der Waals surface area (Å²) in [4.78, 5) is 10.1. The Kier molecular flexibility index (Phi) is 7.34. The fraction of sp³-hybridized carbons (Fsp3) is 0.0909. The second-order valence-corrected chi connectivity index (χ2v) is 13.1. The van der Waals surface area contributed by atoms with Crippen molar-refractivity contribution in [2.45, 2.75) is 26.2 Å². The van der Waals surface area contributed by atoms with Gasteiger partial charge < -0.3 is 9.15 Å². The Labute approximate surface area is 280 Å². The molecular weight excluding hydrogens is 588 g/mol. The molecule has 4 nitrogen and oxygen atoms in total. The summed E-state index contributed by atoms with van der Waals surface area (Å²) in [6.07, 6.45) is 0. The molecule has 0 unspecified atom stereocenters. The number of rotatable bonds is 6. The lowest BCUT2D eigenvalue weighted by Crippen LogP contribution is -2.12. The predicted octanol–water partition coefficient (Wildman–Crippen LogP) is 12.1. The lowest BCUT2D eigenvalue weighted by Gasteiger charge is -2.21. The number of fused-ring (bicyclic) bond motifs is 3. The minimum Gasteiger partial charge on any atom is -0.455 e. The minimum absolute atomic E-state index is 0.107. The van der Waals surface area contributed by atoms with E-state index in [1.165, 1.54) is 0 Å². The molecule has 8 aromatic rings. The normalized spacial score (nSPS) is 11.6. The lowest BCUT2D eigenvalue weighted by molar-refractivity contribution is 0.443.